The van der Waals surface area contributed by atoms with Crippen molar-refractivity contribution in [1.82, 2.24) is 0 Å². The molecule has 0 aliphatic heterocycles. The molecule has 0 spiro atoms. The Bertz CT molecular complexity index is 615. The zero-order valence-corrected chi connectivity index (χ0v) is 13.2. The van der Waals surface area contributed by atoms with Crippen molar-refractivity contribution in [3.8, 4) is 0 Å². The predicted octanol–water partition coefficient (Wildman–Crippen LogP) is 5.28. The molecule has 21 heavy (non-hydrogen) atoms. The van der Waals surface area contributed by atoms with E-state index >= 15 is 0 Å². The third-order valence-corrected chi connectivity index (χ3v) is 3.41. The minimum absolute atomic E-state index is 0.199. The Morgan fingerprint density at radius 2 is 1.71 bits per heavy atom. The molecule has 0 radical (unpaired) electrons. The lowest BCUT2D eigenvalue weighted by atomic mass is 9.84. The van der Waals surface area contributed by atoms with Crippen LogP contribution >= 0.6 is 11.6 Å². The van der Waals surface area contributed by atoms with Crippen LogP contribution in [0.5, 0.6) is 0 Å². The maximum absolute atomic E-state index is 12.3. The molecule has 2 rings (SSSR count). The molecule has 3 heteroatoms. The van der Waals surface area contributed by atoms with Crippen molar-refractivity contribution in [2.75, 3.05) is 0 Å². The normalized spacial score (nSPS) is 12.8. The molecule has 2 aromatic rings. The SMILES string of the molecule is CC(C)(C)[C@@H](OC(=O)c1cccc(Cl)c1)c1ccccc1. The molecule has 0 unspecified atom stereocenters. The fourth-order valence-electron chi connectivity index (χ4n) is 2.16. The molecule has 1 atom stereocenters. The van der Waals surface area contributed by atoms with Crippen LogP contribution in [0.4, 0.5) is 0 Å². The van der Waals surface area contributed by atoms with Crippen molar-refractivity contribution in [2.24, 2.45) is 5.41 Å². The van der Waals surface area contributed by atoms with Crippen molar-refractivity contribution in [3.63, 3.8) is 0 Å². The van der Waals surface area contributed by atoms with Gasteiger partial charge in [0.2, 0.25) is 0 Å². The Kier molecular flexibility index (Phi) is 4.69. The number of halogens is 1. The average Bonchev–Trinajstić information content (AvgIpc) is 2.44. The molecule has 110 valence electrons. The van der Waals surface area contributed by atoms with Gasteiger partial charge in [-0.25, -0.2) is 4.79 Å². The van der Waals surface area contributed by atoms with Gasteiger partial charge in [-0.3, -0.25) is 0 Å². The highest BCUT2D eigenvalue weighted by Gasteiger charge is 2.30. The van der Waals surface area contributed by atoms with Gasteiger partial charge in [-0.15, -0.1) is 0 Å². The summed E-state index contributed by atoms with van der Waals surface area (Å²) in [4.78, 5) is 12.3. The summed E-state index contributed by atoms with van der Waals surface area (Å²) in [5, 5.41) is 0.525. The van der Waals surface area contributed by atoms with E-state index in [0.717, 1.165) is 5.56 Å². The topological polar surface area (TPSA) is 26.3 Å². The monoisotopic (exact) mass is 302 g/mol. The van der Waals surface area contributed by atoms with Crippen molar-refractivity contribution in [1.29, 1.82) is 0 Å². The van der Waals surface area contributed by atoms with E-state index in [1.807, 2.05) is 30.3 Å². The predicted molar refractivity (Wildman–Crippen MR) is 85.5 cm³/mol. The zero-order valence-electron chi connectivity index (χ0n) is 12.5. The van der Waals surface area contributed by atoms with E-state index in [0.29, 0.717) is 10.6 Å². The summed E-state index contributed by atoms with van der Waals surface area (Å²) in [5.41, 5.74) is 1.25. The number of esters is 1. The smallest absolute Gasteiger partial charge is 0.338 e. The van der Waals surface area contributed by atoms with Crippen LogP contribution in [0.25, 0.3) is 0 Å². The first kappa shape index (κ1) is 15.6. The Balaban J connectivity index is 2.26. The van der Waals surface area contributed by atoms with Crippen molar-refractivity contribution in [3.05, 3.63) is 70.7 Å². The van der Waals surface area contributed by atoms with Gasteiger partial charge in [0.25, 0.3) is 0 Å². The fourth-order valence-corrected chi connectivity index (χ4v) is 2.35. The van der Waals surface area contributed by atoms with Gasteiger partial charge in [0.15, 0.2) is 0 Å². The highest BCUT2D eigenvalue weighted by atomic mass is 35.5. The third-order valence-electron chi connectivity index (χ3n) is 3.17. The second kappa shape index (κ2) is 6.31. The minimum Gasteiger partial charge on any atom is -0.453 e. The van der Waals surface area contributed by atoms with Crippen LogP contribution in [-0.2, 0) is 4.74 Å². The number of benzene rings is 2. The molecule has 0 aliphatic carbocycles. The first-order valence-corrected chi connectivity index (χ1v) is 7.27. The molecule has 0 bridgehead atoms. The van der Waals surface area contributed by atoms with Crippen molar-refractivity contribution >= 4 is 17.6 Å². The number of hydrogen-bond donors (Lipinski definition) is 0. The van der Waals surface area contributed by atoms with E-state index in [-0.39, 0.29) is 17.5 Å². The van der Waals surface area contributed by atoms with Crippen molar-refractivity contribution in [2.45, 2.75) is 26.9 Å². The van der Waals surface area contributed by atoms with Gasteiger partial charge in [0.05, 0.1) is 5.56 Å². The summed E-state index contributed by atoms with van der Waals surface area (Å²) < 4.78 is 5.74. The number of carbonyl (C=O) groups excluding carboxylic acids is 1. The minimum atomic E-state index is -0.360. The lowest BCUT2D eigenvalue weighted by molar-refractivity contribution is -0.00394. The van der Waals surface area contributed by atoms with Gasteiger partial charge in [-0.05, 0) is 23.8 Å². The number of hydrogen-bond acceptors (Lipinski definition) is 2. The van der Waals surface area contributed by atoms with Crippen LogP contribution in [0.1, 0.15) is 42.8 Å². The van der Waals surface area contributed by atoms with E-state index in [2.05, 4.69) is 20.8 Å². The number of rotatable bonds is 3. The first-order valence-electron chi connectivity index (χ1n) is 6.89. The lowest BCUT2D eigenvalue weighted by Crippen LogP contribution is -2.24. The lowest BCUT2D eigenvalue weighted by Gasteiger charge is -2.30. The molecule has 0 saturated carbocycles. The average molecular weight is 303 g/mol. The van der Waals surface area contributed by atoms with Crippen LogP contribution < -0.4 is 0 Å². The standard InChI is InChI=1S/C18H19ClO2/c1-18(2,3)16(13-8-5-4-6-9-13)21-17(20)14-10-7-11-15(19)12-14/h4-12,16H,1-3H3/t16-/m0/s1. The van der Waals surface area contributed by atoms with Gasteiger partial charge in [-0.1, -0.05) is 68.8 Å². The summed E-state index contributed by atoms with van der Waals surface area (Å²) in [5.74, 6) is -0.360. The first-order chi connectivity index (χ1) is 9.88. The fraction of sp³-hybridized carbons (Fsp3) is 0.278. The summed E-state index contributed by atoms with van der Waals surface area (Å²) in [6.45, 7) is 6.15. The molecule has 2 nitrogen and oxygen atoms in total. The number of carbonyl (C=O) groups is 1. The summed E-state index contributed by atoms with van der Waals surface area (Å²) in [6.07, 6.45) is -0.315. The van der Waals surface area contributed by atoms with Crippen LogP contribution in [-0.4, -0.2) is 5.97 Å². The maximum atomic E-state index is 12.3. The zero-order chi connectivity index (χ0) is 15.5. The molecule has 0 aliphatic rings. The van der Waals surface area contributed by atoms with Gasteiger partial charge >= 0.3 is 5.97 Å². The second-order valence-corrected chi connectivity index (χ2v) is 6.51. The Labute approximate surface area is 130 Å². The number of ether oxygens (including phenoxy) is 1. The molecule has 0 aromatic heterocycles. The van der Waals surface area contributed by atoms with E-state index in [9.17, 15) is 4.79 Å². The largest absolute Gasteiger partial charge is 0.453 e. The third kappa shape index (κ3) is 4.08. The van der Waals surface area contributed by atoms with Gasteiger partial charge < -0.3 is 4.74 Å². The van der Waals surface area contributed by atoms with Crippen LogP contribution in [0.2, 0.25) is 5.02 Å². The molecule has 0 N–H and O–H groups in total. The molecule has 0 amide bonds. The van der Waals surface area contributed by atoms with Gasteiger partial charge in [0, 0.05) is 10.4 Å². The van der Waals surface area contributed by atoms with Gasteiger partial charge in [-0.2, -0.15) is 0 Å². The van der Waals surface area contributed by atoms with Crippen LogP contribution in [0.3, 0.4) is 0 Å². The summed E-state index contributed by atoms with van der Waals surface area (Å²) in [7, 11) is 0. The Morgan fingerprint density at radius 3 is 2.29 bits per heavy atom. The summed E-state index contributed by atoms with van der Waals surface area (Å²) >= 11 is 5.92. The molecule has 0 heterocycles. The molecular weight excluding hydrogens is 284 g/mol. The second-order valence-electron chi connectivity index (χ2n) is 6.07. The molecular formula is C18H19ClO2. The van der Waals surface area contributed by atoms with Crippen LogP contribution in [0.15, 0.2) is 54.6 Å². The maximum Gasteiger partial charge on any atom is 0.338 e. The highest BCUT2D eigenvalue weighted by Crippen LogP contribution is 2.36. The van der Waals surface area contributed by atoms with Crippen molar-refractivity contribution < 1.29 is 9.53 Å². The Hall–Kier alpha value is -1.80. The molecule has 0 saturated heterocycles. The van der Waals surface area contributed by atoms with E-state index in [4.69, 9.17) is 16.3 Å². The molecule has 0 fully saturated rings. The van der Waals surface area contributed by atoms with E-state index in [1.54, 1.807) is 24.3 Å². The Morgan fingerprint density at radius 1 is 1.05 bits per heavy atom. The van der Waals surface area contributed by atoms with E-state index < -0.39 is 0 Å². The van der Waals surface area contributed by atoms with Crippen LogP contribution in [0, 0.1) is 5.41 Å². The quantitative estimate of drug-likeness (QED) is 0.721. The summed E-state index contributed by atoms with van der Waals surface area (Å²) in [6, 6.07) is 16.6. The van der Waals surface area contributed by atoms with Gasteiger partial charge in [0.1, 0.15) is 6.10 Å². The molecule has 2 aromatic carbocycles. The highest BCUT2D eigenvalue weighted by molar-refractivity contribution is 6.30. The van der Waals surface area contributed by atoms with E-state index in [1.165, 1.54) is 0 Å².